The van der Waals surface area contributed by atoms with Crippen LogP contribution in [-0.4, -0.2) is 158 Å². The second-order valence-electron chi connectivity index (χ2n) is 16.5. The van der Waals surface area contributed by atoms with Gasteiger partial charge in [0.05, 0.1) is 43.6 Å². The molecule has 0 radical (unpaired) electrons. The molecule has 0 saturated carbocycles. The van der Waals surface area contributed by atoms with Crippen molar-refractivity contribution >= 4 is 82.5 Å². The summed E-state index contributed by atoms with van der Waals surface area (Å²) in [6.45, 7) is -3.91. The summed E-state index contributed by atoms with van der Waals surface area (Å²) in [5.41, 5.74) is 14.9. The first kappa shape index (κ1) is 51.6. The van der Waals surface area contributed by atoms with Gasteiger partial charge in [0.2, 0.25) is 17.7 Å². The Morgan fingerprint density at radius 3 is 1.97 bits per heavy atom. The Labute approximate surface area is 425 Å². The van der Waals surface area contributed by atoms with E-state index in [2.05, 4.69) is 53.0 Å². The molecule has 7 unspecified atom stereocenters. The molecule has 39 nitrogen and oxygen atoms in total. The number of aliphatic hydroxyl groups is 3. The zero-order valence-corrected chi connectivity index (χ0v) is 41.8. The van der Waals surface area contributed by atoms with Gasteiger partial charge in [0, 0.05) is 14.1 Å². The summed E-state index contributed by atoms with van der Waals surface area (Å²) in [4.78, 5) is 106. The number of hydrogen-bond donors (Lipinski definition) is 8. The van der Waals surface area contributed by atoms with Gasteiger partial charge in [0.15, 0.2) is 41.4 Å². The number of aryl methyl sites for hydroxylation is 1. The summed E-state index contributed by atoms with van der Waals surface area (Å²) in [6.07, 6.45) is -17.5. The van der Waals surface area contributed by atoms with Crippen molar-refractivity contribution in [2.45, 2.75) is 73.6 Å². The molecule has 43 heteroatoms. The van der Waals surface area contributed by atoms with Gasteiger partial charge in [-0.25, -0.2) is 33.1 Å². The van der Waals surface area contributed by atoms with Crippen molar-refractivity contribution in [3.05, 3.63) is 46.0 Å². The van der Waals surface area contributed by atoms with Gasteiger partial charge in [0.1, 0.15) is 66.8 Å². The number of imidazole rings is 3. The number of H-pyrrole nitrogens is 2. The highest BCUT2D eigenvalue weighted by Crippen LogP contribution is 2.63. The number of anilines is 3. The Hall–Kier alpha value is -5.15. The molecule has 0 aliphatic carbocycles. The minimum Gasteiger partial charge on any atom is -0.756 e. The lowest BCUT2D eigenvalue weighted by molar-refractivity contribution is -0.745. The quantitative estimate of drug-likeness (QED) is 0.0260. The Morgan fingerprint density at radius 2 is 1.30 bits per heavy atom. The van der Waals surface area contributed by atoms with E-state index in [1.807, 2.05) is 0 Å². The smallest absolute Gasteiger partial charge is 0.313 e. The number of nitrogens with zero attached hydrogens (tertiary/aromatic N) is 10. The molecule has 3 fully saturated rings. The van der Waals surface area contributed by atoms with Gasteiger partial charge in [-0.05, 0) is 0 Å². The van der Waals surface area contributed by atoms with Crippen LogP contribution >= 0.6 is 31.3 Å². The Morgan fingerprint density at radius 1 is 0.711 bits per heavy atom. The van der Waals surface area contributed by atoms with Crippen molar-refractivity contribution in [2.24, 2.45) is 7.05 Å². The highest BCUT2D eigenvalue weighted by Gasteiger charge is 2.52. The van der Waals surface area contributed by atoms with Crippen LogP contribution in [0.2, 0.25) is 0 Å². The molecule has 6 aromatic heterocycles. The predicted molar refractivity (Wildman–Crippen MR) is 235 cm³/mol. The second kappa shape index (κ2) is 20.9. The van der Waals surface area contributed by atoms with Crippen molar-refractivity contribution in [3.63, 3.8) is 0 Å². The average molecular weight is 1160 g/mol. The third-order valence-electron chi connectivity index (χ3n) is 11.6. The van der Waals surface area contributed by atoms with E-state index in [4.69, 9.17) is 58.6 Å². The van der Waals surface area contributed by atoms with Crippen molar-refractivity contribution in [1.29, 1.82) is 0 Å². The Kier molecular flexibility index (Phi) is 14.2. The fraction of sp³-hybridized carbons (Fsp3) is 0.545. The molecule has 3 aliphatic rings. The molecule has 3 aliphatic heterocycles. The molecule has 9 heterocycles. The standard InChI is InChI=1S/C33H45N15O24P4/c1-45-10-48(26-16(45)28(53)44-33(36)42-26)30-19(51)20(62-2)12(68-30)5-65-74(56,57)71-76(60,61)72-75(58,59)66-6-13-21(22(63-3)31(69-13)46-8-39-14-23(34)37-7-38-24(14)46)70-73(54,55)64-4-11-17(49)18(50)29(67-11)47-9-40-15-25(47)41-32(35)43-27(15)52/h7-13,17-22,29-31,49-51H,4-6H2,1-3H3,(H11-,34,35,36,37,38,41,42,43,44,52,53,54,55,56,57,58,59,60,61)/p-3/t11-,12-,13-,17?,18+,19?,20+,21?,22+,29-,30-,31-/m1/s1/i2D3. The molecule has 16 atom stereocenters. The zero-order valence-electron chi connectivity index (χ0n) is 41.3. The van der Waals surface area contributed by atoms with Crippen molar-refractivity contribution in [2.75, 3.05) is 51.2 Å². The first-order valence-corrected chi connectivity index (χ1v) is 27.1. The van der Waals surface area contributed by atoms with Gasteiger partial charge >= 0.3 is 5.65 Å². The lowest BCUT2D eigenvalue weighted by Gasteiger charge is -2.35. The fourth-order valence-corrected chi connectivity index (χ4v) is 12.7. The molecule has 3 saturated heterocycles. The highest BCUT2D eigenvalue weighted by molar-refractivity contribution is 7.65. The van der Waals surface area contributed by atoms with Crippen LogP contribution in [0.1, 0.15) is 22.8 Å². The number of fused-ring (bicyclic) bond motifs is 3. The van der Waals surface area contributed by atoms with Crippen LogP contribution in [0.15, 0.2) is 34.9 Å². The lowest BCUT2D eigenvalue weighted by atomic mass is 10.1. The summed E-state index contributed by atoms with van der Waals surface area (Å²) in [5, 5.41) is 32.9. The zero-order chi connectivity index (χ0) is 57.5. The van der Waals surface area contributed by atoms with Crippen LogP contribution in [0, 0.1) is 0 Å². The van der Waals surface area contributed by atoms with E-state index in [-0.39, 0.29) is 51.2 Å². The van der Waals surface area contributed by atoms with E-state index in [1.165, 1.54) is 17.9 Å². The first-order valence-electron chi connectivity index (χ1n) is 22.8. The number of methoxy groups -OCH3 is 2. The lowest BCUT2D eigenvalue weighted by Crippen LogP contribution is -2.46. The van der Waals surface area contributed by atoms with Crippen LogP contribution in [0.3, 0.4) is 0 Å². The minimum absolute atomic E-state index is 0.00629. The molecule has 9 rings (SSSR count). The summed E-state index contributed by atoms with van der Waals surface area (Å²) >= 11 is 0. The van der Waals surface area contributed by atoms with Crippen molar-refractivity contribution < 1.29 is 112 Å². The first-order chi connectivity index (χ1) is 36.8. The number of phosphoric ester groups is 3. The largest absolute Gasteiger partial charge is 0.756 e. The molecular weight excluding hydrogens is 1110 g/mol. The maximum absolute atomic E-state index is 13.6. The number of hydrogen-bond acceptors (Lipinski definition) is 33. The van der Waals surface area contributed by atoms with E-state index >= 15 is 0 Å². The van der Waals surface area contributed by atoms with Crippen LogP contribution < -0.4 is 52.5 Å². The molecule has 0 bridgehead atoms. The monoisotopic (exact) mass is 1160 g/mol. The SMILES string of the molecule is [2H]C([2H])([2H])O[C@@H]1C(O)[C@H]([n+]2cn(C)c3c(=O)[nH]c(N)nc32)O[C@@H]1COP(=O)([O-])OP(=O)([O-])OP(=O)([O-])OC[C@H]1O[C@@H](n2cnc3c(N)ncnc32)[C@@H](OC)C1OP(=O)([O-])OC[C@H]1O[C@@H](n2cnc3c(=O)[nH]c(N)nc32)[C@@H](O)C1O. The summed E-state index contributed by atoms with van der Waals surface area (Å²) in [6, 6.07) is 0. The summed E-state index contributed by atoms with van der Waals surface area (Å²) in [5.74, 6) is -0.862. The van der Waals surface area contributed by atoms with Gasteiger partial charge < -0.3 is 93.9 Å². The van der Waals surface area contributed by atoms with Gasteiger partial charge in [0.25, 0.3) is 48.4 Å². The minimum atomic E-state index is -6.68. The number of aromatic nitrogens is 12. The predicted octanol–water partition coefficient (Wildman–Crippen LogP) is -6.58. The molecule has 76 heavy (non-hydrogen) atoms. The highest BCUT2D eigenvalue weighted by atomic mass is 31.3. The van der Waals surface area contributed by atoms with Gasteiger partial charge in [-0.2, -0.15) is 4.98 Å². The number of nitrogen functional groups attached to an aromatic ring is 3. The molecule has 416 valence electrons. The number of ether oxygens (including phenoxy) is 5. The van der Waals surface area contributed by atoms with Crippen LogP contribution in [-0.2, 0) is 75.7 Å². The van der Waals surface area contributed by atoms with Gasteiger partial charge in [-0.1, -0.05) is 4.98 Å². The number of nitrogens with one attached hydrogen (secondary N) is 2. The van der Waals surface area contributed by atoms with E-state index in [0.29, 0.717) is 0 Å². The maximum Gasteiger partial charge on any atom is 0.313 e. The fourth-order valence-electron chi connectivity index (χ4n) is 8.39. The van der Waals surface area contributed by atoms with Crippen LogP contribution in [0.25, 0.3) is 33.5 Å². The molecule has 0 amide bonds. The number of aliphatic hydroxyl groups excluding tert-OH is 3. The molecular formula is C33H42N15O24P4-3. The van der Waals surface area contributed by atoms with E-state index in [1.54, 1.807) is 0 Å². The van der Waals surface area contributed by atoms with E-state index in [0.717, 1.165) is 39.8 Å². The molecule has 0 spiro atoms. The summed E-state index contributed by atoms with van der Waals surface area (Å²) in [7, 11) is -26.0. The maximum atomic E-state index is 13.6. The Bertz CT molecular complexity index is 3610. The number of nitrogens with two attached hydrogens (primary N) is 3. The number of aromatic amines is 2. The normalized spacial score (nSPS) is 31.0. The van der Waals surface area contributed by atoms with Crippen LogP contribution in [0.5, 0.6) is 0 Å². The number of rotatable bonds is 20. The second-order valence-corrected chi connectivity index (χ2v) is 22.3. The summed E-state index contributed by atoms with van der Waals surface area (Å²) < 4.78 is 135. The van der Waals surface area contributed by atoms with Gasteiger partial charge in [-0.3, -0.25) is 51.5 Å². The van der Waals surface area contributed by atoms with Gasteiger partial charge in [-0.15, -0.1) is 0 Å². The third-order valence-corrected chi connectivity index (χ3v) is 16.7. The third kappa shape index (κ3) is 11.0. The van der Waals surface area contributed by atoms with Crippen molar-refractivity contribution in [1.82, 2.24) is 53.6 Å². The van der Waals surface area contributed by atoms with E-state index in [9.17, 15) is 62.7 Å². The van der Waals surface area contributed by atoms with E-state index < -0.39 is 143 Å². The molecule has 6 aromatic rings. The molecule has 11 N–H and O–H groups in total. The number of phosphoric acid groups is 4. The Balaban J connectivity index is 0.877. The topological polar surface area (TPSA) is 563 Å². The van der Waals surface area contributed by atoms with Crippen LogP contribution in [0.4, 0.5) is 17.7 Å². The average Bonchev–Trinajstić information content (AvgIpc) is 4.34. The molecule has 0 aromatic carbocycles. The van der Waals surface area contributed by atoms with Crippen molar-refractivity contribution in [3.8, 4) is 0 Å².